The van der Waals surface area contributed by atoms with Crippen molar-refractivity contribution in [2.75, 3.05) is 13.1 Å². The molecule has 0 aromatic carbocycles. The molecule has 0 radical (unpaired) electrons. The van der Waals surface area contributed by atoms with E-state index in [1.54, 1.807) is 0 Å². The third-order valence-corrected chi connectivity index (χ3v) is 4.54. The van der Waals surface area contributed by atoms with E-state index in [-0.39, 0.29) is 0 Å². The molecule has 0 amide bonds. The number of hydrogen-bond acceptors (Lipinski definition) is 1. The topological polar surface area (TPSA) is 3.24 Å². The van der Waals surface area contributed by atoms with Crippen molar-refractivity contribution in [2.24, 2.45) is 5.92 Å². The van der Waals surface area contributed by atoms with E-state index in [2.05, 4.69) is 31.1 Å². The van der Waals surface area contributed by atoms with Crippen LogP contribution in [0.15, 0.2) is 37.0 Å². The van der Waals surface area contributed by atoms with E-state index in [9.17, 15) is 0 Å². The largest absolute Gasteiger partial charge is 0.293 e. The average molecular weight is 231 g/mol. The highest BCUT2D eigenvalue weighted by Gasteiger charge is 2.45. The van der Waals surface area contributed by atoms with E-state index in [1.165, 1.54) is 44.2 Å². The molecule has 0 aromatic rings. The molecule has 1 saturated heterocycles. The van der Waals surface area contributed by atoms with Crippen LogP contribution >= 0.6 is 0 Å². The van der Waals surface area contributed by atoms with E-state index in [4.69, 9.17) is 0 Å². The Morgan fingerprint density at radius 2 is 2.18 bits per heavy atom. The fraction of sp³-hybridized carbons (Fsp3) is 0.625. The van der Waals surface area contributed by atoms with Gasteiger partial charge in [-0.25, -0.2) is 0 Å². The average Bonchev–Trinajstić information content (AvgIpc) is 2.28. The normalized spacial score (nSPS) is 28.8. The van der Waals surface area contributed by atoms with Crippen molar-refractivity contribution in [3.8, 4) is 0 Å². The minimum atomic E-state index is 0.529. The number of piperidine rings is 1. The van der Waals surface area contributed by atoms with Gasteiger partial charge in [0.2, 0.25) is 0 Å². The zero-order valence-electron chi connectivity index (χ0n) is 11.1. The van der Waals surface area contributed by atoms with Gasteiger partial charge in [-0.3, -0.25) is 4.90 Å². The number of hydrogen-bond donors (Lipinski definition) is 0. The highest BCUT2D eigenvalue weighted by Crippen LogP contribution is 2.46. The quantitative estimate of drug-likeness (QED) is 0.662. The van der Waals surface area contributed by atoms with E-state index < -0.39 is 0 Å². The summed E-state index contributed by atoms with van der Waals surface area (Å²) in [6.45, 7) is 12.4. The van der Waals surface area contributed by atoms with E-state index >= 15 is 0 Å². The molecule has 94 valence electrons. The second-order valence-electron chi connectivity index (χ2n) is 5.78. The third-order valence-electron chi connectivity index (χ3n) is 4.54. The lowest BCUT2D eigenvalue weighted by Crippen LogP contribution is -2.58. The summed E-state index contributed by atoms with van der Waals surface area (Å²) in [5.41, 5.74) is 1.84. The SMILES string of the molecule is C=C/C=C(\C=C)CN1CCC(C)CC12CCC2. The van der Waals surface area contributed by atoms with Gasteiger partial charge >= 0.3 is 0 Å². The van der Waals surface area contributed by atoms with Crippen molar-refractivity contribution in [3.05, 3.63) is 37.0 Å². The van der Waals surface area contributed by atoms with Crippen molar-refractivity contribution in [2.45, 2.75) is 44.6 Å². The summed E-state index contributed by atoms with van der Waals surface area (Å²) in [6, 6.07) is 0. The Bertz CT molecular complexity index is 322. The van der Waals surface area contributed by atoms with Gasteiger partial charge in [0.15, 0.2) is 0 Å². The predicted octanol–water partition coefficient (Wildman–Crippen LogP) is 3.94. The number of allylic oxidation sites excluding steroid dienone is 2. The Kier molecular flexibility index (Phi) is 3.88. The molecule has 0 N–H and O–H groups in total. The first-order valence-corrected chi connectivity index (χ1v) is 6.89. The van der Waals surface area contributed by atoms with E-state index in [0.29, 0.717) is 5.54 Å². The maximum Gasteiger partial charge on any atom is 0.0239 e. The van der Waals surface area contributed by atoms with Gasteiger partial charge in [-0.05, 0) is 50.1 Å². The van der Waals surface area contributed by atoms with Crippen LogP contribution < -0.4 is 0 Å². The minimum Gasteiger partial charge on any atom is -0.293 e. The highest BCUT2D eigenvalue weighted by atomic mass is 15.2. The van der Waals surface area contributed by atoms with E-state index in [1.807, 2.05) is 12.2 Å². The van der Waals surface area contributed by atoms with Crippen LogP contribution in [0, 0.1) is 5.92 Å². The first-order valence-electron chi connectivity index (χ1n) is 6.89. The molecule has 1 heterocycles. The summed E-state index contributed by atoms with van der Waals surface area (Å²) in [5, 5.41) is 0. The van der Waals surface area contributed by atoms with Crippen LogP contribution in [0.25, 0.3) is 0 Å². The lowest BCUT2D eigenvalue weighted by molar-refractivity contribution is -0.0277. The number of rotatable bonds is 4. The Morgan fingerprint density at radius 3 is 2.71 bits per heavy atom. The molecule has 1 atom stereocenters. The second-order valence-corrected chi connectivity index (χ2v) is 5.78. The molecule has 2 aliphatic rings. The van der Waals surface area contributed by atoms with Crippen LogP contribution in [0.1, 0.15) is 39.0 Å². The Labute approximate surface area is 106 Å². The lowest BCUT2D eigenvalue weighted by atomic mass is 9.67. The molecule has 17 heavy (non-hydrogen) atoms. The molecule has 1 aliphatic heterocycles. The Morgan fingerprint density at radius 1 is 1.41 bits per heavy atom. The molecule has 0 bridgehead atoms. The van der Waals surface area contributed by atoms with Gasteiger partial charge < -0.3 is 0 Å². The summed E-state index contributed by atoms with van der Waals surface area (Å²) in [6.07, 6.45) is 12.9. The van der Waals surface area contributed by atoms with Crippen molar-refractivity contribution >= 4 is 0 Å². The smallest absolute Gasteiger partial charge is 0.0239 e. The van der Waals surface area contributed by atoms with Crippen LogP contribution in [0.3, 0.4) is 0 Å². The van der Waals surface area contributed by atoms with Gasteiger partial charge in [0.05, 0.1) is 0 Å². The van der Waals surface area contributed by atoms with Crippen molar-refractivity contribution in [1.29, 1.82) is 0 Å². The Balaban J connectivity index is 2.06. The molecule has 1 heteroatoms. The van der Waals surface area contributed by atoms with Crippen molar-refractivity contribution in [1.82, 2.24) is 4.90 Å². The fourth-order valence-electron chi connectivity index (χ4n) is 3.40. The Hall–Kier alpha value is -0.820. The standard InChI is InChI=1S/C16H25N/c1-4-7-15(5-2)13-17-11-8-14(3)12-16(17)9-6-10-16/h4-5,7,14H,1-2,6,8-13H2,3H3/b15-7+. The maximum atomic E-state index is 3.91. The summed E-state index contributed by atoms with van der Waals surface area (Å²) in [5.74, 6) is 0.905. The number of likely N-dealkylation sites (tertiary alicyclic amines) is 1. The third kappa shape index (κ3) is 2.55. The lowest BCUT2D eigenvalue weighted by Gasteiger charge is -2.55. The molecule has 1 unspecified atom stereocenters. The molecular formula is C16H25N. The summed E-state index contributed by atoms with van der Waals surface area (Å²) >= 11 is 0. The molecule has 1 aliphatic carbocycles. The van der Waals surface area contributed by atoms with E-state index in [0.717, 1.165) is 12.5 Å². The zero-order valence-corrected chi connectivity index (χ0v) is 11.1. The monoisotopic (exact) mass is 231 g/mol. The summed E-state index contributed by atoms with van der Waals surface area (Å²) < 4.78 is 0. The molecule has 1 nitrogen and oxygen atoms in total. The molecule has 2 fully saturated rings. The van der Waals surface area contributed by atoms with Gasteiger partial charge in [0.1, 0.15) is 0 Å². The predicted molar refractivity (Wildman–Crippen MR) is 75.0 cm³/mol. The van der Waals surface area contributed by atoms with Crippen LogP contribution in [-0.2, 0) is 0 Å². The summed E-state index contributed by atoms with van der Waals surface area (Å²) in [4.78, 5) is 2.70. The van der Waals surface area contributed by atoms with Crippen LogP contribution in [-0.4, -0.2) is 23.5 Å². The first-order chi connectivity index (χ1) is 8.20. The molecule has 1 saturated carbocycles. The van der Waals surface area contributed by atoms with Crippen molar-refractivity contribution < 1.29 is 0 Å². The molecule has 0 aromatic heterocycles. The van der Waals surface area contributed by atoms with Gasteiger partial charge in [-0.2, -0.15) is 0 Å². The van der Waals surface area contributed by atoms with Crippen LogP contribution in [0.5, 0.6) is 0 Å². The number of nitrogens with zero attached hydrogens (tertiary/aromatic N) is 1. The van der Waals surface area contributed by atoms with Gasteiger partial charge in [0, 0.05) is 12.1 Å². The highest BCUT2D eigenvalue weighted by molar-refractivity contribution is 5.23. The molecule has 1 spiro atoms. The fourth-order valence-corrected chi connectivity index (χ4v) is 3.40. The zero-order chi connectivity index (χ0) is 12.3. The minimum absolute atomic E-state index is 0.529. The van der Waals surface area contributed by atoms with Gasteiger partial charge in [0.25, 0.3) is 0 Å². The molecule has 2 rings (SSSR count). The van der Waals surface area contributed by atoms with Gasteiger partial charge in [-0.1, -0.05) is 38.3 Å². The van der Waals surface area contributed by atoms with Gasteiger partial charge in [-0.15, -0.1) is 0 Å². The maximum absolute atomic E-state index is 3.91. The summed E-state index contributed by atoms with van der Waals surface area (Å²) in [7, 11) is 0. The molecular weight excluding hydrogens is 206 g/mol. The van der Waals surface area contributed by atoms with Crippen LogP contribution in [0.4, 0.5) is 0 Å². The van der Waals surface area contributed by atoms with Crippen LogP contribution in [0.2, 0.25) is 0 Å². The second kappa shape index (κ2) is 5.22. The first kappa shape index (κ1) is 12.6. The van der Waals surface area contributed by atoms with Crippen molar-refractivity contribution in [3.63, 3.8) is 0 Å².